The smallest absolute Gasteiger partial charge is 0.237 e. The number of halogens is 2. The highest BCUT2D eigenvalue weighted by atomic mass is 35.5. The van der Waals surface area contributed by atoms with E-state index >= 15 is 0 Å². The maximum Gasteiger partial charge on any atom is 0.237 e. The predicted molar refractivity (Wildman–Crippen MR) is 103 cm³/mol. The lowest BCUT2D eigenvalue weighted by atomic mass is 9.86. The van der Waals surface area contributed by atoms with Gasteiger partial charge < -0.3 is 11.1 Å². The van der Waals surface area contributed by atoms with Crippen LogP contribution in [-0.2, 0) is 11.3 Å². The molecule has 1 aliphatic rings. The highest BCUT2D eigenvalue weighted by Gasteiger charge is 2.29. The Morgan fingerprint density at radius 1 is 1.29 bits per heavy atom. The van der Waals surface area contributed by atoms with E-state index in [-0.39, 0.29) is 42.2 Å². The van der Waals surface area contributed by atoms with Gasteiger partial charge in [-0.3, -0.25) is 14.7 Å². The first-order chi connectivity index (χ1) is 10.4. The summed E-state index contributed by atoms with van der Waals surface area (Å²) in [5, 5.41) is 3.11. The Morgan fingerprint density at radius 3 is 2.33 bits per heavy atom. The van der Waals surface area contributed by atoms with Gasteiger partial charge in [0.05, 0.1) is 6.04 Å². The third kappa shape index (κ3) is 6.93. The molecule has 0 aromatic carbocycles. The number of nitrogens with two attached hydrogens (primary N) is 1. The molecule has 1 aromatic heterocycles. The third-order valence-electron chi connectivity index (χ3n) is 4.30. The van der Waals surface area contributed by atoms with Crippen LogP contribution in [0, 0.1) is 5.41 Å². The van der Waals surface area contributed by atoms with Crippen LogP contribution in [0.5, 0.6) is 0 Å². The van der Waals surface area contributed by atoms with Crippen molar-refractivity contribution in [2.45, 2.75) is 52.2 Å². The van der Waals surface area contributed by atoms with E-state index in [1.807, 2.05) is 33.2 Å². The number of carbonyl (C=O) groups excluding carboxylic acids is 1. The average Bonchev–Trinajstić information content (AvgIpc) is 2.48. The normalized spacial score (nSPS) is 17.3. The number of amides is 1. The van der Waals surface area contributed by atoms with E-state index < -0.39 is 6.04 Å². The van der Waals surface area contributed by atoms with Gasteiger partial charge in [0.25, 0.3) is 0 Å². The number of pyridine rings is 1. The van der Waals surface area contributed by atoms with Crippen molar-refractivity contribution in [3.8, 4) is 0 Å². The van der Waals surface area contributed by atoms with Crippen LogP contribution in [0.1, 0.15) is 39.2 Å². The first kappa shape index (κ1) is 23.1. The van der Waals surface area contributed by atoms with Gasteiger partial charge in [-0.05, 0) is 36.0 Å². The number of carbonyl (C=O) groups is 1. The van der Waals surface area contributed by atoms with E-state index in [1.54, 1.807) is 0 Å². The Bertz CT molecular complexity index is 485. The Hall–Kier alpha value is -0.880. The number of nitrogens with zero attached hydrogens (tertiary/aromatic N) is 2. The zero-order valence-corrected chi connectivity index (χ0v) is 16.3. The number of piperidine rings is 1. The average molecular weight is 377 g/mol. The number of rotatable bonds is 4. The highest BCUT2D eigenvalue weighted by molar-refractivity contribution is 5.85. The van der Waals surface area contributed by atoms with E-state index in [9.17, 15) is 4.79 Å². The van der Waals surface area contributed by atoms with E-state index in [0.717, 1.165) is 32.5 Å². The van der Waals surface area contributed by atoms with Crippen molar-refractivity contribution in [1.29, 1.82) is 0 Å². The van der Waals surface area contributed by atoms with Crippen molar-refractivity contribution in [2.75, 3.05) is 13.1 Å². The molecular weight excluding hydrogens is 347 g/mol. The zero-order valence-electron chi connectivity index (χ0n) is 14.7. The zero-order chi connectivity index (χ0) is 16.2. The van der Waals surface area contributed by atoms with Gasteiger partial charge >= 0.3 is 0 Å². The van der Waals surface area contributed by atoms with Crippen molar-refractivity contribution in [3.63, 3.8) is 0 Å². The first-order valence-corrected chi connectivity index (χ1v) is 8.03. The number of hydrogen-bond acceptors (Lipinski definition) is 4. The molecule has 0 bridgehead atoms. The Labute approximate surface area is 157 Å². The van der Waals surface area contributed by atoms with Gasteiger partial charge in [0, 0.05) is 38.1 Å². The molecular formula is C17H30Cl2N4O. The molecule has 0 radical (unpaired) electrons. The molecule has 138 valence electrons. The topological polar surface area (TPSA) is 71.2 Å². The van der Waals surface area contributed by atoms with E-state index in [2.05, 4.69) is 27.3 Å². The minimum absolute atomic E-state index is 0. The number of aromatic nitrogens is 1. The largest absolute Gasteiger partial charge is 0.352 e. The molecule has 24 heavy (non-hydrogen) atoms. The summed E-state index contributed by atoms with van der Waals surface area (Å²) in [7, 11) is 0. The van der Waals surface area contributed by atoms with Crippen LogP contribution in [0.4, 0.5) is 0 Å². The number of nitrogens with one attached hydrogen (secondary N) is 1. The number of likely N-dealkylation sites (tertiary alicyclic amines) is 1. The van der Waals surface area contributed by atoms with Crippen LogP contribution in [0.15, 0.2) is 24.5 Å². The summed E-state index contributed by atoms with van der Waals surface area (Å²) in [4.78, 5) is 18.6. The molecule has 1 saturated heterocycles. The molecule has 1 atom stereocenters. The second-order valence-electron chi connectivity index (χ2n) is 7.26. The van der Waals surface area contributed by atoms with Crippen LogP contribution in [0.2, 0.25) is 0 Å². The fraction of sp³-hybridized carbons (Fsp3) is 0.647. The Kier molecular flexibility index (Phi) is 9.81. The molecule has 3 N–H and O–H groups in total. The van der Waals surface area contributed by atoms with Crippen LogP contribution >= 0.6 is 24.8 Å². The minimum atomic E-state index is -0.456. The van der Waals surface area contributed by atoms with Crippen molar-refractivity contribution in [2.24, 2.45) is 11.1 Å². The molecule has 0 spiro atoms. The molecule has 1 amide bonds. The summed E-state index contributed by atoms with van der Waals surface area (Å²) < 4.78 is 0. The van der Waals surface area contributed by atoms with Gasteiger partial charge in [0.2, 0.25) is 5.91 Å². The van der Waals surface area contributed by atoms with Gasteiger partial charge in [-0.25, -0.2) is 0 Å². The lowest BCUT2D eigenvalue weighted by molar-refractivity contribution is -0.125. The summed E-state index contributed by atoms with van der Waals surface area (Å²) in [5.74, 6) is -0.0277. The van der Waals surface area contributed by atoms with Crippen LogP contribution in [0.3, 0.4) is 0 Å². The molecule has 1 fully saturated rings. The minimum Gasteiger partial charge on any atom is -0.352 e. The van der Waals surface area contributed by atoms with Crippen molar-refractivity contribution < 1.29 is 4.79 Å². The Balaban J connectivity index is 0.00000264. The lowest BCUT2D eigenvalue weighted by Crippen LogP contribution is -2.53. The molecule has 2 rings (SSSR count). The van der Waals surface area contributed by atoms with Gasteiger partial charge in [0.1, 0.15) is 0 Å². The van der Waals surface area contributed by atoms with E-state index in [0.29, 0.717) is 0 Å². The van der Waals surface area contributed by atoms with Crippen LogP contribution in [0.25, 0.3) is 0 Å². The monoisotopic (exact) mass is 376 g/mol. The van der Waals surface area contributed by atoms with Crippen LogP contribution in [-0.4, -0.2) is 41.0 Å². The van der Waals surface area contributed by atoms with Gasteiger partial charge in [-0.15, -0.1) is 24.8 Å². The van der Waals surface area contributed by atoms with Crippen molar-refractivity contribution in [3.05, 3.63) is 30.1 Å². The standard InChI is InChI=1S/C17H28N4O.2ClH/c1-17(2,3)15(18)16(22)20-14-6-10-21(11-7-14)12-13-4-8-19-9-5-13;;/h4-5,8-9,14-15H,6-7,10-12,18H2,1-3H3,(H,20,22);2*1H/t15-;;/m1../s1. The maximum atomic E-state index is 12.2. The highest BCUT2D eigenvalue weighted by Crippen LogP contribution is 2.19. The summed E-state index contributed by atoms with van der Waals surface area (Å²) in [6.45, 7) is 8.93. The summed E-state index contributed by atoms with van der Waals surface area (Å²) in [6.07, 6.45) is 5.62. The van der Waals surface area contributed by atoms with Gasteiger partial charge in [-0.2, -0.15) is 0 Å². The Morgan fingerprint density at radius 2 is 1.83 bits per heavy atom. The lowest BCUT2D eigenvalue weighted by Gasteiger charge is -2.34. The summed E-state index contributed by atoms with van der Waals surface area (Å²) in [6, 6.07) is 3.89. The second-order valence-corrected chi connectivity index (χ2v) is 7.26. The predicted octanol–water partition coefficient (Wildman–Crippen LogP) is 2.38. The summed E-state index contributed by atoms with van der Waals surface area (Å²) in [5.41, 5.74) is 7.09. The molecule has 2 heterocycles. The fourth-order valence-electron chi connectivity index (χ4n) is 2.67. The third-order valence-corrected chi connectivity index (χ3v) is 4.30. The summed E-state index contributed by atoms with van der Waals surface area (Å²) >= 11 is 0. The maximum absolute atomic E-state index is 12.2. The number of hydrogen-bond donors (Lipinski definition) is 2. The molecule has 0 saturated carbocycles. The fourth-order valence-corrected chi connectivity index (χ4v) is 2.67. The molecule has 0 aliphatic carbocycles. The molecule has 1 aromatic rings. The SMILES string of the molecule is CC(C)(C)[C@H](N)C(=O)NC1CCN(Cc2ccncc2)CC1.Cl.Cl. The van der Waals surface area contributed by atoms with Crippen LogP contribution < -0.4 is 11.1 Å². The van der Waals surface area contributed by atoms with Crippen molar-refractivity contribution >= 4 is 30.7 Å². The molecule has 1 aliphatic heterocycles. The van der Waals surface area contributed by atoms with Gasteiger partial charge in [-0.1, -0.05) is 20.8 Å². The van der Waals surface area contributed by atoms with Gasteiger partial charge in [0.15, 0.2) is 0 Å². The molecule has 0 unspecified atom stereocenters. The van der Waals surface area contributed by atoms with E-state index in [1.165, 1.54) is 5.56 Å². The van der Waals surface area contributed by atoms with Crippen molar-refractivity contribution in [1.82, 2.24) is 15.2 Å². The quantitative estimate of drug-likeness (QED) is 0.845. The first-order valence-electron chi connectivity index (χ1n) is 8.03. The van der Waals surface area contributed by atoms with E-state index in [4.69, 9.17) is 5.73 Å². The molecule has 5 nitrogen and oxygen atoms in total. The molecule has 7 heteroatoms. The second kappa shape index (κ2) is 10.2.